The molecule has 0 atom stereocenters. The number of anilines is 1. The van der Waals surface area contributed by atoms with E-state index in [0.29, 0.717) is 13.1 Å². The fraction of sp³-hybridized carbons (Fsp3) is 0.269. The van der Waals surface area contributed by atoms with Gasteiger partial charge in [0.25, 0.3) is 0 Å². The van der Waals surface area contributed by atoms with Gasteiger partial charge in [0.2, 0.25) is 0 Å². The highest BCUT2D eigenvalue weighted by atomic mass is 16.3. The predicted octanol–water partition coefficient (Wildman–Crippen LogP) is 5.20. The minimum Gasteiger partial charge on any atom is -0.396 e. The average molecular weight is 401 g/mol. The number of amides is 2. The van der Waals surface area contributed by atoms with Crippen molar-refractivity contribution in [2.75, 3.05) is 25.0 Å². The summed E-state index contributed by atoms with van der Waals surface area (Å²) in [5.74, 6) is 0. The summed E-state index contributed by atoms with van der Waals surface area (Å²) in [5.41, 5.74) is 3.99. The third kappa shape index (κ3) is 4.55. The van der Waals surface area contributed by atoms with E-state index in [9.17, 15) is 9.90 Å². The van der Waals surface area contributed by atoms with E-state index in [0.717, 1.165) is 36.1 Å². The standard InChI is InChI=1S/C26H28N2O2/c29-20-26(19-21-9-3-1-4-10-21)15-17-28(18-16-26)25(30)27-24-14-8-7-13-23(24)22-11-5-2-6-12-22/h1-14,29H,15-20H2,(H,27,30). The molecule has 3 aromatic carbocycles. The van der Waals surface area contributed by atoms with Crippen molar-refractivity contribution in [1.29, 1.82) is 0 Å². The van der Waals surface area contributed by atoms with Gasteiger partial charge in [-0.1, -0.05) is 78.9 Å². The van der Waals surface area contributed by atoms with Crippen molar-refractivity contribution in [2.45, 2.75) is 19.3 Å². The molecule has 4 heteroatoms. The average Bonchev–Trinajstić information content (AvgIpc) is 2.81. The van der Waals surface area contributed by atoms with Crippen molar-refractivity contribution in [3.05, 3.63) is 90.5 Å². The highest BCUT2D eigenvalue weighted by molar-refractivity contribution is 5.94. The summed E-state index contributed by atoms with van der Waals surface area (Å²) in [5, 5.41) is 13.2. The zero-order valence-electron chi connectivity index (χ0n) is 17.1. The van der Waals surface area contributed by atoms with Gasteiger partial charge in [0.15, 0.2) is 0 Å². The quantitative estimate of drug-likeness (QED) is 0.618. The molecule has 0 radical (unpaired) electrons. The van der Waals surface area contributed by atoms with Crippen LogP contribution in [0.15, 0.2) is 84.9 Å². The number of urea groups is 1. The molecule has 0 aromatic heterocycles. The predicted molar refractivity (Wildman–Crippen MR) is 121 cm³/mol. The number of piperidine rings is 1. The molecule has 3 aromatic rings. The second-order valence-corrected chi connectivity index (χ2v) is 8.15. The zero-order valence-corrected chi connectivity index (χ0v) is 17.1. The molecule has 2 amide bonds. The number of hydrogen-bond acceptors (Lipinski definition) is 2. The summed E-state index contributed by atoms with van der Waals surface area (Å²) in [6.07, 6.45) is 2.44. The number of nitrogens with zero attached hydrogens (tertiary/aromatic N) is 1. The molecule has 4 rings (SSSR count). The number of aliphatic hydroxyl groups excluding tert-OH is 1. The molecule has 1 fully saturated rings. The summed E-state index contributed by atoms with van der Waals surface area (Å²) in [7, 11) is 0. The summed E-state index contributed by atoms with van der Waals surface area (Å²) < 4.78 is 0. The number of carbonyl (C=O) groups excluding carboxylic acids is 1. The van der Waals surface area contributed by atoms with Crippen molar-refractivity contribution in [1.82, 2.24) is 4.90 Å². The molecule has 0 spiro atoms. The van der Waals surface area contributed by atoms with E-state index in [1.54, 1.807) is 0 Å². The van der Waals surface area contributed by atoms with Gasteiger partial charge in [-0.2, -0.15) is 0 Å². The molecule has 1 aliphatic heterocycles. The smallest absolute Gasteiger partial charge is 0.321 e. The number of hydrogen-bond donors (Lipinski definition) is 2. The monoisotopic (exact) mass is 400 g/mol. The fourth-order valence-corrected chi connectivity index (χ4v) is 4.26. The lowest BCUT2D eigenvalue weighted by Crippen LogP contribution is -2.47. The Hall–Kier alpha value is -3.11. The molecular weight excluding hydrogens is 372 g/mol. The Morgan fingerprint density at radius 1 is 0.867 bits per heavy atom. The minimum absolute atomic E-state index is 0.0790. The SMILES string of the molecule is O=C(Nc1ccccc1-c1ccccc1)N1CCC(CO)(Cc2ccccc2)CC1. The molecular formula is C26H28N2O2. The van der Waals surface area contributed by atoms with Crippen LogP contribution in [0.3, 0.4) is 0 Å². The van der Waals surface area contributed by atoms with Crippen LogP contribution in [0, 0.1) is 5.41 Å². The molecule has 0 saturated carbocycles. The third-order valence-corrected chi connectivity index (χ3v) is 6.12. The molecule has 30 heavy (non-hydrogen) atoms. The highest BCUT2D eigenvalue weighted by Crippen LogP contribution is 2.35. The number of likely N-dealkylation sites (tertiary alicyclic amines) is 1. The maximum atomic E-state index is 13.0. The first-order chi connectivity index (χ1) is 14.7. The Morgan fingerprint density at radius 3 is 2.13 bits per heavy atom. The number of aliphatic hydroxyl groups is 1. The summed E-state index contributed by atoms with van der Waals surface area (Å²) >= 11 is 0. The van der Waals surface area contributed by atoms with Gasteiger partial charge in [-0.3, -0.25) is 0 Å². The number of nitrogens with one attached hydrogen (secondary N) is 1. The van der Waals surface area contributed by atoms with Crippen molar-refractivity contribution < 1.29 is 9.90 Å². The Balaban J connectivity index is 1.42. The van der Waals surface area contributed by atoms with Crippen molar-refractivity contribution in [3.63, 3.8) is 0 Å². The lowest BCUT2D eigenvalue weighted by Gasteiger charge is -2.41. The van der Waals surface area contributed by atoms with E-state index in [4.69, 9.17) is 0 Å². The first-order valence-electron chi connectivity index (χ1n) is 10.5. The van der Waals surface area contributed by atoms with Gasteiger partial charge in [-0.25, -0.2) is 4.79 Å². The van der Waals surface area contributed by atoms with Crippen LogP contribution in [-0.4, -0.2) is 35.7 Å². The number of carbonyl (C=O) groups is 1. The van der Waals surface area contributed by atoms with E-state index >= 15 is 0 Å². The van der Waals surface area contributed by atoms with Gasteiger partial charge < -0.3 is 15.3 Å². The molecule has 1 heterocycles. The van der Waals surface area contributed by atoms with Crippen LogP contribution in [0.2, 0.25) is 0 Å². The van der Waals surface area contributed by atoms with Crippen molar-refractivity contribution >= 4 is 11.7 Å². The van der Waals surface area contributed by atoms with Crippen molar-refractivity contribution in [3.8, 4) is 11.1 Å². The van der Waals surface area contributed by atoms with Crippen LogP contribution in [0.1, 0.15) is 18.4 Å². The van der Waals surface area contributed by atoms with Crippen LogP contribution in [0.25, 0.3) is 11.1 Å². The van der Waals surface area contributed by atoms with Gasteiger partial charge in [0, 0.05) is 30.7 Å². The lowest BCUT2D eigenvalue weighted by atomic mass is 9.74. The van der Waals surface area contributed by atoms with Gasteiger partial charge in [0.1, 0.15) is 0 Å². The fourth-order valence-electron chi connectivity index (χ4n) is 4.26. The highest BCUT2D eigenvalue weighted by Gasteiger charge is 2.35. The maximum Gasteiger partial charge on any atom is 0.321 e. The van der Waals surface area contributed by atoms with Crippen LogP contribution in [0.4, 0.5) is 10.5 Å². The Kier molecular flexibility index (Phi) is 6.15. The number of benzene rings is 3. The van der Waals surface area contributed by atoms with Gasteiger partial charge >= 0.3 is 6.03 Å². The van der Waals surface area contributed by atoms with Crippen LogP contribution in [0.5, 0.6) is 0 Å². The summed E-state index contributed by atoms with van der Waals surface area (Å²) in [4.78, 5) is 14.8. The minimum atomic E-state index is -0.153. The second-order valence-electron chi connectivity index (χ2n) is 8.15. The third-order valence-electron chi connectivity index (χ3n) is 6.12. The maximum absolute atomic E-state index is 13.0. The molecule has 1 aliphatic rings. The van der Waals surface area contributed by atoms with Crippen molar-refractivity contribution in [2.24, 2.45) is 5.41 Å². The molecule has 0 unspecified atom stereocenters. The molecule has 0 aliphatic carbocycles. The van der Waals surface area contributed by atoms with Crippen LogP contribution in [-0.2, 0) is 6.42 Å². The first-order valence-corrected chi connectivity index (χ1v) is 10.5. The van der Waals surface area contributed by atoms with Crippen LogP contribution >= 0.6 is 0 Å². The first kappa shape index (κ1) is 20.2. The van der Waals surface area contributed by atoms with E-state index in [1.165, 1.54) is 5.56 Å². The molecule has 4 nitrogen and oxygen atoms in total. The number of rotatable bonds is 5. The van der Waals surface area contributed by atoms with E-state index in [-0.39, 0.29) is 18.1 Å². The second kappa shape index (κ2) is 9.14. The number of para-hydroxylation sites is 1. The van der Waals surface area contributed by atoms with E-state index in [1.807, 2.05) is 77.7 Å². The lowest BCUT2D eigenvalue weighted by molar-refractivity contribution is 0.0575. The van der Waals surface area contributed by atoms with Crippen LogP contribution < -0.4 is 5.32 Å². The summed E-state index contributed by atoms with van der Waals surface area (Å²) in [6.45, 7) is 1.44. The Bertz CT molecular complexity index is 965. The Labute approximate surface area is 178 Å². The topological polar surface area (TPSA) is 52.6 Å². The summed E-state index contributed by atoms with van der Waals surface area (Å²) in [6, 6.07) is 28.2. The largest absolute Gasteiger partial charge is 0.396 e. The normalized spacial score (nSPS) is 15.6. The molecule has 0 bridgehead atoms. The Morgan fingerprint density at radius 2 is 1.47 bits per heavy atom. The molecule has 1 saturated heterocycles. The van der Waals surface area contributed by atoms with Gasteiger partial charge in [0.05, 0.1) is 5.69 Å². The zero-order chi connectivity index (χ0) is 20.8. The van der Waals surface area contributed by atoms with E-state index in [2.05, 4.69) is 17.4 Å². The molecule has 154 valence electrons. The van der Waals surface area contributed by atoms with Gasteiger partial charge in [-0.15, -0.1) is 0 Å². The molecule has 2 N–H and O–H groups in total. The van der Waals surface area contributed by atoms with E-state index < -0.39 is 0 Å². The van der Waals surface area contributed by atoms with Gasteiger partial charge in [-0.05, 0) is 36.5 Å².